The molecule has 6 nitrogen and oxygen atoms in total. The van der Waals surface area contributed by atoms with Gasteiger partial charge in [-0.3, -0.25) is 4.57 Å². The number of furan rings is 1. The van der Waals surface area contributed by atoms with Crippen molar-refractivity contribution in [3.05, 3.63) is 200 Å². The van der Waals surface area contributed by atoms with E-state index >= 15 is 0 Å². The highest BCUT2D eigenvalue weighted by Gasteiger charge is 2.26. The molecule has 7 heteroatoms. The van der Waals surface area contributed by atoms with Gasteiger partial charge in [0.15, 0.2) is 11.6 Å². The summed E-state index contributed by atoms with van der Waals surface area (Å²) in [6, 6.07) is 71.4. The van der Waals surface area contributed by atoms with Crippen LogP contribution in [0.25, 0.3) is 142 Å². The summed E-state index contributed by atoms with van der Waals surface area (Å²) in [6.45, 7) is 0. The Morgan fingerprint density at radius 3 is 1.83 bits per heavy atom. The van der Waals surface area contributed by atoms with Gasteiger partial charge in [0.25, 0.3) is 0 Å². The van der Waals surface area contributed by atoms with E-state index < -0.39 is 0 Å². The smallest absolute Gasteiger partial charge is 0.238 e. The zero-order chi connectivity index (χ0) is 43.0. The molecule has 306 valence electrons. The highest BCUT2D eigenvalue weighted by atomic mass is 32.1. The molecule has 0 radical (unpaired) electrons. The van der Waals surface area contributed by atoms with Crippen molar-refractivity contribution in [2.75, 3.05) is 0 Å². The van der Waals surface area contributed by atoms with Crippen LogP contribution < -0.4 is 0 Å². The maximum atomic E-state index is 6.72. The van der Waals surface area contributed by atoms with Gasteiger partial charge < -0.3 is 8.98 Å². The molecule has 66 heavy (non-hydrogen) atoms. The molecule has 0 saturated heterocycles. The quantitative estimate of drug-likeness (QED) is 0.177. The topological polar surface area (TPSA) is 61.7 Å². The van der Waals surface area contributed by atoms with Gasteiger partial charge in [-0.25, -0.2) is 4.98 Å². The fourth-order valence-corrected chi connectivity index (χ4v) is 11.8. The third-order valence-corrected chi connectivity index (χ3v) is 14.7. The third-order valence-electron chi connectivity index (χ3n) is 13.5. The second kappa shape index (κ2) is 13.4. The van der Waals surface area contributed by atoms with E-state index in [4.69, 9.17) is 19.4 Å². The summed E-state index contributed by atoms with van der Waals surface area (Å²) >= 11 is 1.79. The van der Waals surface area contributed by atoms with E-state index in [1.54, 1.807) is 11.3 Å². The molecular weight excluding hydrogens is 827 g/mol. The van der Waals surface area contributed by atoms with Gasteiger partial charge in [0, 0.05) is 63.4 Å². The number of hydrogen-bond acceptors (Lipinski definition) is 5. The Morgan fingerprint density at radius 1 is 0.379 bits per heavy atom. The number of rotatable bonds is 4. The first-order valence-electron chi connectivity index (χ1n) is 22.2. The Kier molecular flexibility index (Phi) is 7.28. The first kappa shape index (κ1) is 35.8. The van der Waals surface area contributed by atoms with Gasteiger partial charge in [0.05, 0.1) is 33.3 Å². The van der Waals surface area contributed by atoms with Crippen LogP contribution in [0.1, 0.15) is 0 Å². The van der Waals surface area contributed by atoms with Crippen LogP contribution in [0.2, 0.25) is 0 Å². The number of benzene rings is 10. The molecule has 0 aliphatic rings. The number of nitrogens with zero attached hydrogens (tertiary/aromatic N) is 5. The number of hydrogen-bond donors (Lipinski definition) is 0. The molecule has 5 heterocycles. The molecule has 0 N–H and O–H groups in total. The second-order valence-corrected chi connectivity index (χ2v) is 18.2. The minimum atomic E-state index is 0.540. The van der Waals surface area contributed by atoms with E-state index in [2.05, 4.69) is 197 Å². The van der Waals surface area contributed by atoms with Crippen LogP contribution in [-0.2, 0) is 0 Å². The molecule has 15 rings (SSSR count). The van der Waals surface area contributed by atoms with Gasteiger partial charge in [0.1, 0.15) is 11.2 Å². The van der Waals surface area contributed by atoms with Crippen molar-refractivity contribution in [2.24, 2.45) is 0 Å². The first-order chi connectivity index (χ1) is 32.7. The third kappa shape index (κ3) is 5.03. The SMILES string of the molecule is c1ccc2cc3c(cc2c1)c1ccc2ccccc2c1n3-c1ccc2oc3ccccc3c2c1-c1nc(-c2ccc3c(c2)sc2ccccc23)nc(-n2c3ccccc3c3ccccc32)n1. The molecule has 0 fully saturated rings. The van der Waals surface area contributed by atoms with E-state index in [0.29, 0.717) is 17.6 Å². The summed E-state index contributed by atoms with van der Waals surface area (Å²) in [5.41, 5.74) is 8.57. The van der Waals surface area contributed by atoms with Gasteiger partial charge in [-0.2, -0.15) is 9.97 Å². The summed E-state index contributed by atoms with van der Waals surface area (Å²) in [5, 5.41) is 13.7. The summed E-state index contributed by atoms with van der Waals surface area (Å²) in [4.78, 5) is 16.7. The van der Waals surface area contributed by atoms with Gasteiger partial charge >= 0.3 is 0 Å². The number of thiophene rings is 1. The number of aromatic nitrogens is 5. The van der Waals surface area contributed by atoms with Crippen LogP contribution in [0.15, 0.2) is 205 Å². The highest BCUT2D eigenvalue weighted by molar-refractivity contribution is 7.25. The zero-order valence-corrected chi connectivity index (χ0v) is 35.9. The molecule has 0 spiro atoms. The maximum absolute atomic E-state index is 6.72. The number of para-hydroxylation sites is 3. The van der Waals surface area contributed by atoms with Gasteiger partial charge in [-0.1, -0.05) is 146 Å². The highest BCUT2D eigenvalue weighted by Crippen LogP contribution is 2.46. The van der Waals surface area contributed by atoms with Crippen molar-refractivity contribution in [1.29, 1.82) is 0 Å². The molecule has 15 aromatic rings. The van der Waals surface area contributed by atoms with Gasteiger partial charge in [0.2, 0.25) is 5.95 Å². The van der Waals surface area contributed by atoms with Gasteiger partial charge in [-0.15, -0.1) is 11.3 Å². The Hall–Kier alpha value is -8.65. The van der Waals surface area contributed by atoms with Gasteiger partial charge in [-0.05, 0) is 70.8 Å². The molecule has 0 aliphatic heterocycles. The lowest BCUT2D eigenvalue weighted by atomic mass is 10.0. The van der Waals surface area contributed by atoms with Crippen molar-refractivity contribution in [3.63, 3.8) is 0 Å². The fraction of sp³-hybridized carbons (Fsp3) is 0. The zero-order valence-electron chi connectivity index (χ0n) is 35.1. The lowest BCUT2D eigenvalue weighted by Gasteiger charge is -2.17. The Bertz CT molecular complexity index is 4500. The molecule has 0 amide bonds. The lowest BCUT2D eigenvalue weighted by Crippen LogP contribution is -2.08. The molecular formula is C59H33N5OS. The minimum absolute atomic E-state index is 0.540. The average Bonchev–Trinajstić information content (AvgIpc) is 4.13. The largest absolute Gasteiger partial charge is 0.456 e. The predicted molar refractivity (Wildman–Crippen MR) is 275 cm³/mol. The van der Waals surface area contributed by atoms with Crippen LogP contribution in [0.5, 0.6) is 0 Å². The Morgan fingerprint density at radius 2 is 1.02 bits per heavy atom. The maximum Gasteiger partial charge on any atom is 0.238 e. The van der Waals surface area contributed by atoms with Crippen molar-refractivity contribution >= 4 is 119 Å². The van der Waals surface area contributed by atoms with Crippen LogP contribution >= 0.6 is 11.3 Å². The molecule has 0 unspecified atom stereocenters. The van der Waals surface area contributed by atoms with E-state index in [-0.39, 0.29) is 0 Å². The Balaban J connectivity index is 1.12. The van der Waals surface area contributed by atoms with Crippen LogP contribution in [0.4, 0.5) is 0 Å². The summed E-state index contributed by atoms with van der Waals surface area (Å²) in [5.74, 6) is 1.68. The van der Waals surface area contributed by atoms with E-state index in [0.717, 1.165) is 77.0 Å². The summed E-state index contributed by atoms with van der Waals surface area (Å²) in [6.07, 6.45) is 0. The normalized spacial score (nSPS) is 12.2. The molecule has 5 aromatic heterocycles. The lowest BCUT2D eigenvalue weighted by molar-refractivity contribution is 0.669. The van der Waals surface area contributed by atoms with Crippen molar-refractivity contribution in [3.8, 4) is 34.4 Å². The minimum Gasteiger partial charge on any atom is -0.456 e. The Labute approximate surface area is 379 Å². The van der Waals surface area contributed by atoms with Crippen molar-refractivity contribution in [2.45, 2.75) is 0 Å². The molecule has 0 atom stereocenters. The predicted octanol–water partition coefficient (Wildman–Crippen LogP) is 16.0. The monoisotopic (exact) mass is 859 g/mol. The molecule has 10 aromatic carbocycles. The summed E-state index contributed by atoms with van der Waals surface area (Å²) < 4.78 is 13.8. The van der Waals surface area contributed by atoms with E-state index in [1.807, 2.05) is 12.1 Å². The van der Waals surface area contributed by atoms with Crippen molar-refractivity contribution in [1.82, 2.24) is 24.1 Å². The second-order valence-electron chi connectivity index (χ2n) is 17.1. The molecule has 0 aliphatic carbocycles. The van der Waals surface area contributed by atoms with E-state index in [1.165, 1.54) is 47.1 Å². The molecule has 0 saturated carbocycles. The average molecular weight is 860 g/mol. The number of fused-ring (bicyclic) bond motifs is 15. The first-order valence-corrected chi connectivity index (χ1v) is 23.0. The fourth-order valence-electron chi connectivity index (χ4n) is 10.6. The molecule has 0 bridgehead atoms. The van der Waals surface area contributed by atoms with Crippen LogP contribution in [0.3, 0.4) is 0 Å². The standard InChI is InChI=1S/C59H33N5OS/c1-2-15-36-32-49-45(31-35(36)14-1)43-28-25-34-13-3-4-16-38(34)56(43)63(49)48-29-30-51-54(44-20-7-11-23-50(44)65-51)55(48)58-60-57(37-26-27-42-41-19-8-12-24-52(41)66-53(42)33-37)61-59(62-58)64-46-21-9-5-17-39(46)40-18-6-10-22-47(40)64/h1-33H. The van der Waals surface area contributed by atoms with Crippen molar-refractivity contribution < 1.29 is 4.42 Å². The van der Waals surface area contributed by atoms with Crippen LogP contribution in [0, 0.1) is 0 Å². The summed E-state index contributed by atoms with van der Waals surface area (Å²) in [7, 11) is 0. The van der Waals surface area contributed by atoms with Crippen LogP contribution in [-0.4, -0.2) is 24.1 Å². The van der Waals surface area contributed by atoms with E-state index in [9.17, 15) is 0 Å².